The van der Waals surface area contributed by atoms with E-state index in [0.717, 1.165) is 7.11 Å². The summed E-state index contributed by atoms with van der Waals surface area (Å²) < 4.78 is 103. The van der Waals surface area contributed by atoms with Gasteiger partial charge in [0.2, 0.25) is 0 Å². The van der Waals surface area contributed by atoms with Crippen LogP contribution in [0.4, 0.5) is 0 Å². The molecule has 0 radical (unpaired) electrons. The first-order chi connectivity index (χ1) is 16.9. The first-order valence-corrected chi connectivity index (χ1v) is 8.15. The van der Waals surface area contributed by atoms with Crippen molar-refractivity contribution in [2.45, 2.75) is 45.6 Å². The van der Waals surface area contributed by atoms with E-state index in [-0.39, 0.29) is 48.9 Å². The van der Waals surface area contributed by atoms with Crippen molar-refractivity contribution in [2.75, 3.05) is 20.8 Å². The number of aliphatic hydroxyl groups is 1. The Morgan fingerprint density at radius 2 is 1.96 bits per heavy atom. The zero-order chi connectivity index (χ0) is 28.5. The Morgan fingerprint density at radius 3 is 2.73 bits per heavy atom. The van der Waals surface area contributed by atoms with Crippen LogP contribution in [0.3, 0.4) is 0 Å². The van der Waals surface area contributed by atoms with E-state index in [4.69, 9.17) is 29.3 Å². The largest absolute Gasteiger partial charge is 0.493 e. The number of benzene rings is 2. The number of methoxy groups -OCH3 is 2. The Kier molecular flexibility index (Phi) is 3.74. The van der Waals surface area contributed by atoms with Crippen molar-refractivity contribution >= 4 is 0 Å². The molecule has 0 bridgehead atoms. The fraction of sp³-hybridized carbons (Fsp3) is 0.455. The lowest BCUT2D eigenvalue weighted by Gasteiger charge is -2.13. The zero-order valence-electron chi connectivity index (χ0n) is 26.1. The molecule has 0 aromatic heterocycles. The van der Waals surface area contributed by atoms with Gasteiger partial charge in [-0.25, -0.2) is 0 Å². The van der Waals surface area contributed by atoms with E-state index < -0.39 is 55.6 Å². The predicted octanol–water partition coefficient (Wildman–Crippen LogP) is 4.47. The van der Waals surface area contributed by atoms with Gasteiger partial charge >= 0.3 is 0 Å². The molecule has 2 aromatic carbocycles. The number of ether oxygens (including phenoxy) is 3. The summed E-state index contributed by atoms with van der Waals surface area (Å²) in [5, 5.41) is 10.3. The second kappa shape index (κ2) is 10.1. The summed E-state index contributed by atoms with van der Waals surface area (Å²) in [6.07, 6.45) is -4.15. The normalized spacial score (nSPS) is 19.0. The lowest BCUT2D eigenvalue weighted by atomic mass is 10.0. The molecule has 0 heterocycles. The number of rotatable bonds is 10. The summed E-state index contributed by atoms with van der Waals surface area (Å²) in [7, 11) is -1.83. The average molecular weight is 370 g/mol. The minimum absolute atomic E-state index is 0.0623. The molecule has 0 aliphatic rings. The molecule has 26 heavy (non-hydrogen) atoms. The van der Waals surface area contributed by atoms with Crippen LogP contribution >= 0.6 is 0 Å². The maximum atomic E-state index is 10.3. The fourth-order valence-electron chi connectivity index (χ4n) is 2.07. The Hall–Kier alpha value is -2.20. The number of hydrogen-bond donors (Lipinski definition) is 1. The van der Waals surface area contributed by atoms with Gasteiger partial charge in [0.25, 0.3) is 0 Å². The van der Waals surface area contributed by atoms with Crippen LogP contribution in [0.2, 0.25) is 0 Å². The van der Waals surface area contributed by atoms with Crippen molar-refractivity contribution in [3.63, 3.8) is 0 Å². The van der Waals surface area contributed by atoms with Gasteiger partial charge in [-0.3, -0.25) is 0 Å². The van der Waals surface area contributed by atoms with Crippen molar-refractivity contribution in [3.05, 3.63) is 52.9 Å². The van der Waals surface area contributed by atoms with Crippen LogP contribution in [-0.2, 0) is 6.42 Å². The van der Waals surface area contributed by atoms with Gasteiger partial charge in [-0.15, -0.1) is 0 Å². The van der Waals surface area contributed by atoms with Crippen LogP contribution in [0, 0.1) is 13.8 Å². The second-order valence-electron chi connectivity index (χ2n) is 5.70. The minimum atomic E-state index is -2.96. The second-order valence-corrected chi connectivity index (χ2v) is 5.70. The maximum absolute atomic E-state index is 10.3. The molecule has 4 nitrogen and oxygen atoms in total. The summed E-state index contributed by atoms with van der Waals surface area (Å²) >= 11 is 0. The topological polar surface area (TPSA) is 47.9 Å². The molecule has 2 aromatic rings. The molecular weight excluding hydrogens is 328 g/mol. The Morgan fingerprint density at radius 1 is 1.12 bits per heavy atom. The first kappa shape index (κ1) is 9.65. The molecular formula is C22H30O4. The third-order valence-corrected chi connectivity index (χ3v) is 3.71. The highest BCUT2D eigenvalue weighted by Crippen LogP contribution is 2.28. The monoisotopic (exact) mass is 369 g/mol. The van der Waals surface area contributed by atoms with Gasteiger partial charge < -0.3 is 19.3 Å². The molecule has 0 saturated carbocycles. The minimum Gasteiger partial charge on any atom is -0.493 e. The van der Waals surface area contributed by atoms with E-state index in [1.165, 1.54) is 0 Å². The highest BCUT2D eigenvalue weighted by molar-refractivity contribution is 5.42. The maximum Gasteiger partial charge on any atom is 0.160 e. The molecule has 0 saturated heterocycles. The van der Waals surface area contributed by atoms with Gasteiger partial charge in [-0.05, 0) is 73.9 Å². The molecule has 0 aliphatic carbocycles. The summed E-state index contributed by atoms with van der Waals surface area (Å²) in [5.41, 5.74) is 0.728. The third kappa shape index (κ3) is 5.95. The van der Waals surface area contributed by atoms with Crippen LogP contribution in [0.5, 0.6) is 17.2 Å². The van der Waals surface area contributed by atoms with Crippen molar-refractivity contribution in [2.24, 2.45) is 0 Å². The van der Waals surface area contributed by atoms with Crippen molar-refractivity contribution in [3.8, 4) is 17.2 Å². The molecule has 4 heteroatoms. The smallest absolute Gasteiger partial charge is 0.160 e. The average Bonchev–Trinajstić information content (AvgIpc) is 2.81. The summed E-state index contributed by atoms with van der Waals surface area (Å²) in [5.74, 6) is -1.13. The molecule has 2 rings (SSSR count). The summed E-state index contributed by atoms with van der Waals surface area (Å²) in [4.78, 5) is 0. The third-order valence-electron chi connectivity index (χ3n) is 3.71. The Bertz CT molecular complexity index is 1120. The van der Waals surface area contributed by atoms with E-state index in [2.05, 4.69) is 0 Å². The van der Waals surface area contributed by atoms with Gasteiger partial charge in [-0.1, -0.05) is 18.5 Å². The van der Waals surface area contributed by atoms with Crippen LogP contribution in [0.15, 0.2) is 36.3 Å². The van der Waals surface area contributed by atoms with Gasteiger partial charge in [0.05, 0.1) is 32.6 Å². The van der Waals surface area contributed by atoms with E-state index in [9.17, 15) is 5.11 Å². The van der Waals surface area contributed by atoms with Crippen molar-refractivity contribution in [1.82, 2.24) is 0 Å². The zero-order valence-corrected chi connectivity index (χ0v) is 15.1. The van der Waals surface area contributed by atoms with E-state index in [0.29, 0.717) is 11.1 Å². The molecule has 1 N–H and O–H groups in total. The molecule has 0 amide bonds. The Balaban J connectivity index is 2.17. The summed E-state index contributed by atoms with van der Waals surface area (Å²) in [6, 6.07) is -2.04. The van der Waals surface area contributed by atoms with Crippen molar-refractivity contribution in [1.29, 1.82) is 0 Å². The molecule has 1 atom stereocenters. The molecule has 0 spiro atoms. The van der Waals surface area contributed by atoms with E-state index in [1.54, 1.807) is 13.8 Å². The first-order valence-electron chi connectivity index (χ1n) is 13.6. The lowest BCUT2D eigenvalue weighted by Crippen LogP contribution is -2.17. The Labute approximate surface area is 172 Å². The highest BCUT2D eigenvalue weighted by atomic mass is 16.5. The van der Waals surface area contributed by atoms with Gasteiger partial charge in [0.1, 0.15) is 12.4 Å². The van der Waals surface area contributed by atoms with E-state index in [1.807, 2.05) is 0 Å². The molecule has 142 valence electrons. The lowest BCUT2D eigenvalue weighted by molar-refractivity contribution is 0.0976. The van der Waals surface area contributed by atoms with Gasteiger partial charge in [0.15, 0.2) is 11.5 Å². The SMILES string of the molecule is [2H]c1c([2H])c(OCC(O)CCC([2H])([2H])Cc2c([2H])c([2H])c(OC)c(OC([2H])([2H])[2H])c2[2H])c([2H])c(C)c1C. The molecule has 1 unspecified atom stereocenters. The number of hydrogen-bond acceptors (Lipinski definition) is 4. The molecule has 0 fully saturated rings. The van der Waals surface area contributed by atoms with Crippen LogP contribution in [-0.4, -0.2) is 32.0 Å². The van der Waals surface area contributed by atoms with Gasteiger partial charge in [0, 0.05) is 2.74 Å². The standard InChI is InChI=1S/C22H30O4/c1-16-9-11-20(13-17(16)2)26-15-19(23)8-6-5-7-18-10-12-21(24-3)22(14-18)25-4/h9-14,19,23H,5-8,15H2,1-4H3/i4D3,5D2,9D,10D,11D,12D,13D,14D. The van der Waals surface area contributed by atoms with Crippen molar-refractivity contribution < 1.29 is 34.4 Å². The summed E-state index contributed by atoms with van der Waals surface area (Å²) in [6.45, 7) is 2.91. The quantitative estimate of drug-likeness (QED) is 0.671. The predicted molar refractivity (Wildman–Crippen MR) is 105 cm³/mol. The van der Waals surface area contributed by atoms with E-state index >= 15 is 0 Å². The molecule has 0 aliphatic heterocycles. The highest BCUT2D eigenvalue weighted by Gasteiger charge is 2.07. The van der Waals surface area contributed by atoms with Crippen LogP contribution in [0.25, 0.3) is 0 Å². The fourth-order valence-corrected chi connectivity index (χ4v) is 2.07. The number of aliphatic hydroxyl groups excluding tert-OH is 1. The van der Waals surface area contributed by atoms with Crippen LogP contribution in [0.1, 0.15) is 51.0 Å². The van der Waals surface area contributed by atoms with Crippen LogP contribution < -0.4 is 14.2 Å². The van der Waals surface area contributed by atoms with Gasteiger partial charge in [-0.2, -0.15) is 0 Å².